The van der Waals surface area contributed by atoms with E-state index < -0.39 is 0 Å². The monoisotopic (exact) mass is 475 g/mol. The third-order valence-corrected chi connectivity index (χ3v) is 4.01. The van der Waals surface area contributed by atoms with Crippen LogP contribution in [0.25, 0.3) is 11.0 Å². The second-order valence-corrected chi connectivity index (χ2v) is 6.08. The number of likely N-dealkylation sites (N-methyl/N-ethyl adjacent to an activating group) is 1. The maximum absolute atomic E-state index is 11.5. The number of furan rings is 1. The van der Waals surface area contributed by atoms with Gasteiger partial charge in [0.15, 0.2) is 0 Å². The van der Waals surface area contributed by atoms with E-state index >= 15 is 0 Å². The molecule has 2 aromatic rings. The molecule has 0 bridgehead atoms. The van der Waals surface area contributed by atoms with E-state index in [2.05, 4.69) is 30.5 Å². The van der Waals surface area contributed by atoms with E-state index in [1.54, 1.807) is 6.07 Å². The van der Waals surface area contributed by atoms with Crippen molar-refractivity contribution in [2.24, 2.45) is 0 Å². The van der Waals surface area contributed by atoms with Crippen molar-refractivity contribution < 1.29 is 23.8 Å². The first-order valence-electron chi connectivity index (χ1n) is 11.2. The number of aryl methyl sites for hydroxylation is 2. The molecule has 7 heteroatoms. The normalized spacial score (nSPS) is 12.0. The predicted octanol–water partition coefficient (Wildman–Crippen LogP) is 5.94. The van der Waals surface area contributed by atoms with Gasteiger partial charge in [0, 0.05) is 38.4 Å². The highest BCUT2D eigenvalue weighted by Crippen LogP contribution is 2.25. The molecule has 2 heterocycles. The molecule has 0 unspecified atom stereocenters. The summed E-state index contributed by atoms with van der Waals surface area (Å²) in [4.78, 5) is 13.8. The van der Waals surface area contributed by atoms with Gasteiger partial charge in [0.25, 0.3) is 0 Å². The fraction of sp³-hybridized carbons (Fsp3) is 0.640. The van der Waals surface area contributed by atoms with E-state index in [0.29, 0.717) is 5.56 Å². The number of methoxy groups -OCH3 is 1. The lowest BCUT2D eigenvalue weighted by atomic mass is 10.1. The molecule has 0 radical (unpaired) electrons. The number of morpholine rings is 1. The molecule has 1 aliphatic rings. The molecule has 6 nitrogen and oxygen atoms in total. The number of hydrogen-bond acceptors (Lipinski definition) is 6. The van der Waals surface area contributed by atoms with E-state index in [1.165, 1.54) is 13.5 Å². The lowest BCUT2D eigenvalue weighted by molar-refractivity contribution is 0.0503. The lowest BCUT2D eigenvalue weighted by Crippen LogP contribution is -2.32. The smallest absolute Gasteiger partial charge is 0.337 e. The standard InChI is InChI=1S/C14H16O3.C5H11NO.2C2H6.CH3Cl.CH4O/c1-4-5-12-8-10-7-11(14(15)16-3)6-9(2)13(10)17-12;1-6-2-4-7-5-3-6;4*1-2/h6-8H,4-5H2,1-3H3;2-5H2,1H3;2*1-2H3;1H3;2H,1H3. The fourth-order valence-electron chi connectivity index (χ4n) is 2.64. The van der Waals surface area contributed by atoms with Crippen molar-refractivity contribution in [3.8, 4) is 0 Å². The molecule has 0 amide bonds. The molecule has 32 heavy (non-hydrogen) atoms. The Morgan fingerprint density at radius 3 is 2.03 bits per heavy atom. The van der Waals surface area contributed by atoms with Gasteiger partial charge in [-0.25, -0.2) is 4.79 Å². The van der Waals surface area contributed by atoms with Crippen molar-refractivity contribution in [2.45, 2.75) is 54.4 Å². The van der Waals surface area contributed by atoms with Crippen LogP contribution in [0.1, 0.15) is 62.7 Å². The summed E-state index contributed by atoms with van der Waals surface area (Å²) in [5.41, 5.74) is 2.40. The third-order valence-electron chi connectivity index (χ3n) is 4.01. The van der Waals surface area contributed by atoms with Crippen molar-refractivity contribution in [1.82, 2.24) is 4.90 Å². The molecular formula is C25H46ClNO5. The number of fused-ring (bicyclic) bond motifs is 1. The van der Waals surface area contributed by atoms with Crippen LogP contribution in [0.15, 0.2) is 22.6 Å². The van der Waals surface area contributed by atoms with Crippen LogP contribution in [-0.4, -0.2) is 69.9 Å². The fourth-order valence-corrected chi connectivity index (χ4v) is 2.64. The summed E-state index contributed by atoms with van der Waals surface area (Å²) >= 11 is 4.64. The topological polar surface area (TPSA) is 72.1 Å². The van der Waals surface area contributed by atoms with Crippen LogP contribution < -0.4 is 0 Å². The summed E-state index contributed by atoms with van der Waals surface area (Å²) in [6.07, 6.45) is 3.43. The number of carbonyl (C=O) groups excluding carboxylic acids is 1. The highest BCUT2D eigenvalue weighted by molar-refractivity contribution is 6.15. The van der Waals surface area contributed by atoms with Gasteiger partial charge in [-0.2, -0.15) is 0 Å². The molecule has 1 aliphatic heterocycles. The Morgan fingerprint density at radius 1 is 1.09 bits per heavy atom. The van der Waals surface area contributed by atoms with Crippen LogP contribution in [0.3, 0.4) is 0 Å². The molecule has 0 aliphatic carbocycles. The van der Waals surface area contributed by atoms with Crippen molar-refractivity contribution in [3.05, 3.63) is 35.1 Å². The number of ether oxygens (including phenoxy) is 2. The Kier molecular flexibility index (Phi) is 26.3. The molecule has 188 valence electrons. The van der Waals surface area contributed by atoms with Gasteiger partial charge in [0.2, 0.25) is 0 Å². The first-order chi connectivity index (χ1) is 15.5. The molecule has 1 aromatic carbocycles. The minimum absolute atomic E-state index is 0.312. The lowest BCUT2D eigenvalue weighted by Gasteiger charge is -2.21. The van der Waals surface area contributed by atoms with Gasteiger partial charge in [-0.15, -0.1) is 11.6 Å². The molecule has 1 N–H and O–H groups in total. The van der Waals surface area contributed by atoms with Gasteiger partial charge in [0.1, 0.15) is 11.3 Å². The van der Waals surface area contributed by atoms with Gasteiger partial charge in [0.05, 0.1) is 25.9 Å². The number of esters is 1. The average molecular weight is 476 g/mol. The Balaban J connectivity index is -0.000000468. The molecular weight excluding hydrogens is 430 g/mol. The first kappa shape index (κ1) is 35.0. The number of hydrogen-bond donors (Lipinski definition) is 1. The molecule has 1 fully saturated rings. The number of benzene rings is 1. The molecule has 3 rings (SSSR count). The second kappa shape index (κ2) is 24.1. The number of carbonyl (C=O) groups is 1. The maximum Gasteiger partial charge on any atom is 0.337 e. The average Bonchev–Trinajstić information content (AvgIpc) is 3.28. The zero-order chi connectivity index (χ0) is 25.5. The van der Waals surface area contributed by atoms with Crippen LogP contribution >= 0.6 is 11.6 Å². The number of rotatable bonds is 3. The first-order valence-corrected chi connectivity index (χ1v) is 12.0. The Bertz CT molecular complexity index is 682. The highest BCUT2D eigenvalue weighted by atomic mass is 35.5. The summed E-state index contributed by atoms with van der Waals surface area (Å²) in [7, 11) is 4.50. The summed E-state index contributed by atoms with van der Waals surface area (Å²) in [5, 5.41) is 7.97. The van der Waals surface area contributed by atoms with E-state index in [0.717, 1.165) is 68.5 Å². The van der Waals surface area contributed by atoms with Gasteiger partial charge in [-0.1, -0.05) is 34.6 Å². The zero-order valence-corrected chi connectivity index (χ0v) is 22.6. The van der Waals surface area contributed by atoms with Crippen LogP contribution in [0.4, 0.5) is 0 Å². The second-order valence-electron chi connectivity index (χ2n) is 6.08. The van der Waals surface area contributed by atoms with Crippen molar-refractivity contribution in [2.75, 3.05) is 54.0 Å². The van der Waals surface area contributed by atoms with Gasteiger partial charge >= 0.3 is 5.97 Å². The molecule has 0 atom stereocenters. The molecule has 1 saturated heterocycles. The zero-order valence-electron chi connectivity index (χ0n) is 21.9. The molecule has 1 aromatic heterocycles. The van der Waals surface area contributed by atoms with Gasteiger partial charge < -0.3 is 23.9 Å². The SMILES string of the molecule is CC.CC.CCCc1cc2cc(C(=O)OC)cc(C)c2o1.CCl.CN1CCOCC1.CO. The quantitative estimate of drug-likeness (QED) is 0.437. The summed E-state index contributed by atoms with van der Waals surface area (Å²) < 4.78 is 15.6. The number of nitrogens with zero attached hydrogens (tertiary/aromatic N) is 1. The van der Waals surface area contributed by atoms with Crippen molar-refractivity contribution >= 4 is 28.5 Å². The predicted molar refractivity (Wildman–Crippen MR) is 137 cm³/mol. The van der Waals surface area contributed by atoms with Gasteiger partial charge in [-0.3, -0.25) is 0 Å². The van der Waals surface area contributed by atoms with Crippen LogP contribution in [0, 0.1) is 6.92 Å². The van der Waals surface area contributed by atoms with Crippen LogP contribution in [-0.2, 0) is 15.9 Å². The number of halogens is 1. The van der Waals surface area contributed by atoms with Crippen molar-refractivity contribution in [3.63, 3.8) is 0 Å². The number of aliphatic hydroxyl groups is 1. The highest BCUT2D eigenvalue weighted by Gasteiger charge is 2.12. The van der Waals surface area contributed by atoms with E-state index in [9.17, 15) is 4.79 Å². The Labute approximate surface area is 200 Å². The minimum Gasteiger partial charge on any atom is -0.465 e. The summed E-state index contributed by atoms with van der Waals surface area (Å²) in [6, 6.07) is 5.61. The number of alkyl halides is 1. The summed E-state index contributed by atoms with van der Waals surface area (Å²) in [6.45, 7) is 16.1. The van der Waals surface area contributed by atoms with E-state index in [4.69, 9.17) is 19.0 Å². The number of aliphatic hydroxyl groups excluding tert-OH is 1. The van der Waals surface area contributed by atoms with E-state index in [1.807, 2.05) is 46.8 Å². The van der Waals surface area contributed by atoms with E-state index in [-0.39, 0.29) is 5.97 Å². The summed E-state index contributed by atoms with van der Waals surface area (Å²) in [5.74, 6) is 0.654. The third kappa shape index (κ3) is 13.7. The van der Waals surface area contributed by atoms with Crippen LogP contribution in [0.5, 0.6) is 0 Å². The Hall–Kier alpha value is -1.60. The Morgan fingerprint density at radius 2 is 1.62 bits per heavy atom. The van der Waals surface area contributed by atoms with Gasteiger partial charge in [-0.05, 0) is 44.2 Å². The minimum atomic E-state index is -0.312. The maximum atomic E-state index is 11.5. The molecule has 0 saturated carbocycles. The largest absolute Gasteiger partial charge is 0.465 e. The van der Waals surface area contributed by atoms with Crippen molar-refractivity contribution in [1.29, 1.82) is 0 Å². The van der Waals surface area contributed by atoms with Crippen LogP contribution in [0.2, 0.25) is 0 Å². The molecule has 0 spiro atoms.